The molecular formula is C17H24BrClN2O. The number of hydrogen-bond donors (Lipinski definition) is 2. The maximum Gasteiger partial charge on any atom is 0.224 e. The third-order valence-corrected chi connectivity index (χ3v) is 5.51. The molecule has 1 saturated heterocycles. The third-order valence-electron chi connectivity index (χ3n) is 5.02. The summed E-state index contributed by atoms with van der Waals surface area (Å²) in [5.41, 5.74) is 1.51. The van der Waals surface area contributed by atoms with Crippen molar-refractivity contribution in [3.63, 3.8) is 0 Å². The summed E-state index contributed by atoms with van der Waals surface area (Å²) in [6, 6.07) is 8.54. The van der Waals surface area contributed by atoms with Crippen LogP contribution in [0.15, 0.2) is 28.7 Å². The van der Waals surface area contributed by atoms with Gasteiger partial charge in [-0.1, -0.05) is 34.5 Å². The van der Waals surface area contributed by atoms with Crippen LogP contribution in [0.5, 0.6) is 0 Å². The van der Waals surface area contributed by atoms with Crippen molar-refractivity contribution in [3.8, 4) is 0 Å². The normalized spacial score (nSPS) is 23.0. The molecule has 0 aromatic heterocycles. The first-order valence-electron chi connectivity index (χ1n) is 7.94. The molecule has 3 nitrogen and oxygen atoms in total. The van der Waals surface area contributed by atoms with Crippen LogP contribution in [-0.4, -0.2) is 25.5 Å². The van der Waals surface area contributed by atoms with Crippen LogP contribution in [-0.2, 0) is 10.2 Å². The van der Waals surface area contributed by atoms with Gasteiger partial charge in [0.25, 0.3) is 0 Å². The molecule has 2 fully saturated rings. The van der Waals surface area contributed by atoms with Crippen molar-refractivity contribution in [1.82, 2.24) is 10.6 Å². The second-order valence-electron chi connectivity index (χ2n) is 6.41. The van der Waals surface area contributed by atoms with E-state index >= 15 is 0 Å². The maximum atomic E-state index is 12.3. The fourth-order valence-corrected chi connectivity index (χ4v) is 3.86. The molecule has 1 unspecified atom stereocenters. The van der Waals surface area contributed by atoms with E-state index in [1.807, 2.05) is 0 Å². The van der Waals surface area contributed by atoms with Gasteiger partial charge in [-0.15, -0.1) is 12.4 Å². The van der Waals surface area contributed by atoms with E-state index in [1.165, 1.54) is 24.8 Å². The molecule has 0 bridgehead atoms. The first-order valence-corrected chi connectivity index (χ1v) is 8.73. The van der Waals surface area contributed by atoms with Crippen molar-refractivity contribution < 1.29 is 4.79 Å². The highest BCUT2D eigenvalue weighted by molar-refractivity contribution is 9.10. The molecular weight excluding hydrogens is 364 g/mol. The SMILES string of the molecule is Cl.O=C(NCC1(c2cccc(Br)c2)CCC1)C1CCCNC1. The van der Waals surface area contributed by atoms with Crippen LogP contribution in [0.4, 0.5) is 0 Å². The molecule has 1 aromatic rings. The lowest BCUT2D eigenvalue weighted by atomic mass is 9.64. The first kappa shape index (κ1) is 17.8. The summed E-state index contributed by atoms with van der Waals surface area (Å²) in [5.74, 6) is 0.377. The Morgan fingerprint density at radius 2 is 2.18 bits per heavy atom. The Morgan fingerprint density at radius 3 is 2.77 bits per heavy atom. The van der Waals surface area contributed by atoms with Crippen LogP contribution in [0, 0.1) is 5.92 Å². The van der Waals surface area contributed by atoms with E-state index in [0.29, 0.717) is 0 Å². The van der Waals surface area contributed by atoms with Crippen molar-refractivity contribution >= 4 is 34.2 Å². The molecule has 22 heavy (non-hydrogen) atoms. The lowest BCUT2D eigenvalue weighted by Crippen LogP contribution is -2.48. The topological polar surface area (TPSA) is 41.1 Å². The van der Waals surface area contributed by atoms with Crippen molar-refractivity contribution in [1.29, 1.82) is 0 Å². The molecule has 1 aromatic carbocycles. The van der Waals surface area contributed by atoms with Gasteiger partial charge >= 0.3 is 0 Å². The van der Waals surface area contributed by atoms with E-state index in [-0.39, 0.29) is 29.6 Å². The van der Waals surface area contributed by atoms with Gasteiger partial charge in [0.1, 0.15) is 0 Å². The summed E-state index contributed by atoms with van der Waals surface area (Å²) in [5, 5.41) is 6.53. The third kappa shape index (κ3) is 3.84. The summed E-state index contributed by atoms with van der Waals surface area (Å²) >= 11 is 3.55. The van der Waals surface area contributed by atoms with Gasteiger partial charge in [-0.05, 0) is 49.9 Å². The summed E-state index contributed by atoms with van der Waals surface area (Å²) in [6.07, 6.45) is 5.73. The molecule has 0 radical (unpaired) electrons. The summed E-state index contributed by atoms with van der Waals surface area (Å²) in [6.45, 7) is 2.65. The molecule has 1 saturated carbocycles. The standard InChI is InChI=1S/C17H23BrN2O.ClH/c18-15-6-1-5-14(10-15)17(7-3-8-17)12-20-16(21)13-4-2-9-19-11-13;/h1,5-6,10,13,19H,2-4,7-9,11-12H2,(H,20,21);1H. The zero-order valence-electron chi connectivity index (χ0n) is 12.7. The lowest BCUT2D eigenvalue weighted by Gasteiger charge is -2.43. The van der Waals surface area contributed by atoms with Crippen molar-refractivity contribution in [2.24, 2.45) is 5.92 Å². The molecule has 1 aliphatic carbocycles. The minimum atomic E-state index is 0. The van der Waals surface area contributed by atoms with Crippen LogP contribution in [0.25, 0.3) is 0 Å². The van der Waals surface area contributed by atoms with Gasteiger partial charge in [-0.25, -0.2) is 0 Å². The smallest absolute Gasteiger partial charge is 0.224 e. The van der Waals surface area contributed by atoms with E-state index in [0.717, 1.165) is 36.9 Å². The molecule has 1 amide bonds. The van der Waals surface area contributed by atoms with Crippen LogP contribution < -0.4 is 10.6 Å². The number of benzene rings is 1. The first-order chi connectivity index (χ1) is 10.2. The van der Waals surface area contributed by atoms with Crippen molar-refractivity contribution in [2.75, 3.05) is 19.6 Å². The van der Waals surface area contributed by atoms with E-state index in [1.54, 1.807) is 0 Å². The average Bonchev–Trinajstić information content (AvgIpc) is 2.47. The Kier molecular flexibility index (Phi) is 6.30. The maximum absolute atomic E-state index is 12.3. The molecule has 1 heterocycles. The Bertz CT molecular complexity index is 513. The zero-order valence-corrected chi connectivity index (χ0v) is 15.1. The van der Waals surface area contributed by atoms with Crippen molar-refractivity contribution in [3.05, 3.63) is 34.3 Å². The average molecular weight is 388 g/mol. The van der Waals surface area contributed by atoms with Gasteiger partial charge in [-0.3, -0.25) is 4.79 Å². The number of rotatable bonds is 4. The number of halogens is 2. The number of amides is 1. The molecule has 5 heteroatoms. The van der Waals surface area contributed by atoms with Crippen molar-refractivity contribution in [2.45, 2.75) is 37.5 Å². The molecule has 1 aliphatic heterocycles. The van der Waals surface area contributed by atoms with E-state index < -0.39 is 0 Å². The van der Waals surface area contributed by atoms with Gasteiger partial charge < -0.3 is 10.6 Å². The Hall–Kier alpha value is -0.580. The molecule has 122 valence electrons. The molecule has 2 aliphatic rings. The predicted molar refractivity (Wildman–Crippen MR) is 95.5 cm³/mol. The fraction of sp³-hybridized carbons (Fsp3) is 0.588. The lowest BCUT2D eigenvalue weighted by molar-refractivity contribution is -0.125. The van der Waals surface area contributed by atoms with Gasteiger partial charge in [0, 0.05) is 23.0 Å². The molecule has 3 rings (SSSR count). The second kappa shape index (κ2) is 7.80. The van der Waals surface area contributed by atoms with Crippen LogP contribution >= 0.6 is 28.3 Å². The van der Waals surface area contributed by atoms with Gasteiger partial charge in [0.2, 0.25) is 5.91 Å². The summed E-state index contributed by atoms with van der Waals surface area (Å²) in [4.78, 5) is 12.3. The Labute approximate surface area is 147 Å². The highest BCUT2D eigenvalue weighted by atomic mass is 79.9. The Balaban J connectivity index is 0.00000176. The minimum Gasteiger partial charge on any atom is -0.355 e. The molecule has 0 spiro atoms. The second-order valence-corrected chi connectivity index (χ2v) is 7.32. The van der Waals surface area contributed by atoms with E-state index in [2.05, 4.69) is 50.8 Å². The highest BCUT2D eigenvalue weighted by Gasteiger charge is 2.39. The largest absolute Gasteiger partial charge is 0.355 e. The van der Waals surface area contributed by atoms with Crippen LogP contribution in [0.2, 0.25) is 0 Å². The van der Waals surface area contributed by atoms with Crippen LogP contribution in [0.3, 0.4) is 0 Å². The van der Waals surface area contributed by atoms with Gasteiger partial charge in [0.05, 0.1) is 5.92 Å². The molecule has 2 N–H and O–H groups in total. The number of carbonyl (C=O) groups excluding carboxylic acids is 1. The highest BCUT2D eigenvalue weighted by Crippen LogP contribution is 2.43. The quantitative estimate of drug-likeness (QED) is 0.831. The summed E-state index contributed by atoms with van der Waals surface area (Å²) < 4.78 is 1.12. The number of carbonyl (C=O) groups is 1. The number of hydrogen-bond acceptors (Lipinski definition) is 2. The number of piperidine rings is 1. The van der Waals surface area contributed by atoms with E-state index in [4.69, 9.17) is 0 Å². The fourth-order valence-electron chi connectivity index (χ4n) is 3.47. The van der Waals surface area contributed by atoms with E-state index in [9.17, 15) is 4.79 Å². The summed E-state index contributed by atoms with van der Waals surface area (Å²) in [7, 11) is 0. The Morgan fingerprint density at radius 1 is 1.36 bits per heavy atom. The van der Waals surface area contributed by atoms with Crippen LogP contribution in [0.1, 0.15) is 37.7 Å². The predicted octanol–water partition coefficient (Wildman–Crippen LogP) is 3.41. The van der Waals surface area contributed by atoms with Gasteiger partial charge in [-0.2, -0.15) is 0 Å². The number of nitrogens with one attached hydrogen (secondary N) is 2. The molecule has 1 atom stereocenters. The minimum absolute atomic E-state index is 0. The monoisotopic (exact) mass is 386 g/mol. The zero-order chi connectivity index (χ0) is 14.7. The van der Waals surface area contributed by atoms with Gasteiger partial charge in [0.15, 0.2) is 0 Å².